The summed E-state index contributed by atoms with van der Waals surface area (Å²) in [5, 5.41) is 2.97. The standard InChI is InChI=1S/C22H24N4O2/c1-15(10-11-17-7-4-3-5-8-17)24-20(27)13-19-16(2)25-21(26-22(19)28)18-9-6-12-23-14-18/h3-9,12,14-15H,10-11,13H2,1-2H3,(H,24,27)(H,25,26,28)/t15-/m1/s1. The van der Waals surface area contributed by atoms with Crippen LogP contribution in [0.25, 0.3) is 11.4 Å². The van der Waals surface area contributed by atoms with Crippen molar-refractivity contribution in [3.05, 3.63) is 82.0 Å². The van der Waals surface area contributed by atoms with Crippen LogP contribution in [-0.2, 0) is 17.6 Å². The Bertz CT molecular complexity index is 984. The summed E-state index contributed by atoms with van der Waals surface area (Å²) in [7, 11) is 0. The number of nitrogens with one attached hydrogen (secondary N) is 2. The van der Waals surface area contributed by atoms with E-state index in [1.807, 2.05) is 31.2 Å². The number of hydrogen-bond donors (Lipinski definition) is 2. The van der Waals surface area contributed by atoms with Crippen LogP contribution in [0.3, 0.4) is 0 Å². The number of pyridine rings is 1. The number of aromatic nitrogens is 3. The van der Waals surface area contributed by atoms with Crippen molar-refractivity contribution in [2.45, 2.75) is 39.2 Å². The van der Waals surface area contributed by atoms with Crippen LogP contribution in [0.1, 0.15) is 30.2 Å². The topological polar surface area (TPSA) is 87.7 Å². The summed E-state index contributed by atoms with van der Waals surface area (Å²) in [4.78, 5) is 36.1. The third-order valence-electron chi connectivity index (χ3n) is 4.61. The van der Waals surface area contributed by atoms with E-state index in [1.54, 1.807) is 25.4 Å². The van der Waals surface area contributed by atoms with Crippen molar-refractivity contribution in [1.29, 1.82) is 0 Å². The Morgan fingerprint density at radius 3 is 2.64 bits per heavy atom. The highest BCUT2D eigenvalue weighted by atomic mass is 16.2. The molecule has 2 aromatic heterocycles. The molecule has 3 rings (SSSR count). The number of hydrogen-bond acceptors (Lipinski definition) is 4. The van der Waals surface area contributed by atoms with Crippen LogP contribution in [0.2, 0.25) is 0 Å². The summed E-state index contributed by atoms with van der Waals surface area (Å²) in [6.07, 6.45) is 5.04. The van der Waals surface area contributed by atoms with Gasteiger partial charge in [0.25, 0.3) is 5.56 Å². The first-order valence-electron chi connectivity index (χ1n) is 9.36. The molecular formula is C22H24N4O2. The molecule has 144 valence electrons. The maximum absolute atomic E-state index is 12.5. The van der Waals surface area contributed by atoms with E-state index in [1.165, 1.54) is 5.56 Å². The van der Waals surface area contributed by atoms with Gasteiger partial charge in [0.05, 0.1) is 6.42 Å². The zero-order valence-electron chi connectivity index (χ0n) is 16.1. The Kier molecular flexibility index (Phi) is 6.32. The zero-order valence-corrected chi connectivity index (χ0v) is 16.1. The second kappa shape index (κ2) is 9.08. The highest BCUT2D eigenvalue weighted by Gasteiger charge is 2.15. The first-order valence-corrected chi connectivity index (χ1v) is 9.36. The van der Waals surface area contributed by atoms with Crippen molar-refractivity contribution in [2.75, 3.05) is 0 Å². The lowest BCUT2D eigenvalue weighted by molar-refractivity contribution is -0.121. The van der Waals surface area contributed by atoms with Crippen LogP contribution < -0.4 is 10.9 Å². The number of rotatable bonds is 7. The van der Waals surface area contributed by atoms with Gasteiger partial charge in [-0.05, 0) is 44.4 Å². The van der Waals surface area contributed by atoms with E-state index in [2.05, 4.69) is 32.4 Å². The minimum atomic E-state index is -0.293. The first-order chi connectivity index (χ1) is 13.5. The lowest BCUT2D eigenvalue weighted by atomic mass is 10.1. The molecule has 0 fully saturated rings. The Morgan fingerprint density at radius 2 is 1.96 bits per heavy atom. The van der Waals surface area contributed by atoms with Crippen LogP contribution >= 0.6 is 0 Å². The second-order valence-corrected chi connectivity index (χ2v) is 6.89. The molecule has 0 bridgehead atoms. The SMILES string of the molecule is Cc1nc(-c2cccnc2)[nH]c(=O)c1CC(=O)N[C@H](C)CCc1ccccc1. The van der Waals surface area contributed by atoms with Gasteiger partial charge >= 0.3 is 0 Å². The van der Waals surface area contributed by atoms with Gasteiger partial charge in [0.2, 0.25) is 5.91 Å². The molecule has 1 amide bonds. The van der Waals surface area contributed by atoms with Crippen molar-refractivity contribution in [3.8, 4) is 11.4 Å². The number of carbonyl (C=O) groups excluding carboxylic acids is 1. The molecule has 0 aliphatic carbocycles. The molecule has 0 aliphatic heterocycles. The highest BCUT2D eigenvalue weighted by Crippen LogP contribution is 2.13. The Hall–Kier alpha value is -3.28. The molecule has 6 heteroatoms. The lowest BCUT2D eigenvalue weighted by Crippen LogP contribution is -2.35. The maximum atomic E-state index is 12.5. The van der Waals surface area contributed by atoms with Gasteiger partial charge < -0.3 is 10.3 Å². The van der Waals surface area contributed by atoms with E-state index in [4.69, 9.17) is 0 Å². The lowest BCUT2D eigenvalue weighted by Gasteiger charge is -2.14. The van der Waals surface area contributed by atoms with Crippen molar-refractivity contribution in [3.63, 3.8) is 0 Å². The molecule has 0 unspecified atom stereocenters. The van der Waals surface area contributed by atoms with Gasteiger partial charge in [0, 0.05) is 35.3 Å². The minimum Gasteiger partial charge on any atom is -0.353 e. The molecule has 0 saturated heterocycles. The number of aryl methyl sites for hydroxylation is 2. The van der Waals surface area contributed by atoms with Gasteiger partial charge in [-0.1, -0.05) is 30.3 Å². The molecule has 28 heavy (non-hydrogen) atoms. The first kappa shape index (κ1) is 19.5. The van der Waals surface area contributed by atoms with E-state index in [0.29, 0.717) is 17.1 Å². The normalized spacial score (nSPS) is 11.8. The number of aromatic amines is 1. The number of benzene rings is 1. The monoisotopic (exact) mass is 376 g/mol. The Labute approximate surface area is 164 Å². The summed E-state index contributed by atoms with van der Waals surface area (Å²) in [5.41, 5.74) is 2.62. The molecule has 1 atom stereocenters. The third kappa shape index (κ3) is 5.13. The molecule has 1 aromatic carbocycles. The van der Waals surface area contributed by atoms with Gasteiger partial charge in [-0.15, -0.1) is 0 Å². The Balaban J connectivity index is 1.61. The van der Waals surface area contributed by atoms with Crippen LogP contribution in [0.15, 0.2) is 59.7 Å². The molecule has 3 aromatic rings. The third-order valence-corrected chi connectivity index (χ3v) is 4.61. The minimum absolute atomic E-state index is 0.0111. The van der Waals surface area contributed by atoms with Crippen LogP contribution in [0.5, 0.6) is 0 Å². The molecule has 0 radical (unpaired) electrons. The summed E-state index contributed by atoms with van der Waals surface area (Å²) < 4.78 is 0. The number of carbonyl (C=O) groups is 1. The molecule has 2 heterocycles. The van der Waals surface area contributed by atoms with Gasteiger partial charge in [0.15, 0.2) is 0 Å². The number of nitrogens with zero attached hydrogens (tertiary/aromatic N) is 2. The fraction of sp³-hybridized carbons (Fsp3) is 0.273. The second-order valence-electron chi connectivity index (χ2n) is 6.89. The van der Waals surface area contributed by atoms with E-state index < -0.39 is 0 Å². The molecule has 6 nitrogen and oxygen atoms in total. The molecule has 2 N–H and O–H groups in total. The summed E-state index contributed by atoms with van der Waals surface area (Å²) in [6.45, 7) is 3.72. The van der Waals surface area contributed by atoms with Crippen molar-refractivity contribution in [2.24, 2.45) is 0 Å². The average Bonchev–Trinajstić information content (AvgIpc) is 2.70. The predicted octanol–water partition coefficient (Wildman–Crippen LogP) is 2.82. The number of H-pyrrole nitrogens is 1. The van der Waals surface area contributed by atoms with E-state index in [9.17, 15) is 9.59 Å². The molecular weight excluding hydrogens is 352 g/mol. The quantitative estimate of drug-likeness (QED) is 0.664. The molecule has 0 saturated carbocycles. The fourth-order valence-corrected chi connectivity index (χ4v) is 3.04. The maximum Gasteiger partial charge on any atom is 0.255 e. The van der Waals surface area contributed by atoms with Crippen LogP contribution in [-0.4, -0.2) is 26.9 Å². The van der Waals surface area contributed by atoms with E-state index in [0.717, 1.165) is 18.4 Å². The van der Waals surface area contributed by atoms with Crippen LogP contribution in [0.4, 0.5) is 0 Å². The summed E-state index contributed by atoms with van der Waals surface area (Å²) in [6, 6.07) is 13.8. The molecule has 0 spiro atoms. The fourth-order valence-electron chi connectivity index (χ4n) is 3.04. The summed E-state index contributed by atoms with van der Waals surface area (Å²) in [5.74, 6) is 0.279. The van der Waals surface area contributed by atoms with Crippen molar-refractivity contribution >= 4 is 5.91 Å². The zero-order chi connectivity index (χ0) is 19.9. The smallest absolute Gasteiger partial charge is 0.255 e. The van der Waals surface area contributed by atoms with Crippen molar-refractivity contribution < 1.29 is 4.79 Å². The average molecular weight is 376 g/mol. The summed E-state index contributed by atoms with van der Waals surface area (Å²) >= 11 is 0. The van der Waals surface area contributed by atoms with Gasteiger partial charge in [0.1, 0.15) is 5.82 Å². The predicted molar refractivity (Wildman–Crippen MR) is 109 cm³/mol. The van der Waals surface area contributed by atoms with Gasteiger partial charge in [-0.25, -0.2) is 4.98 Å². The largest absolute Gasteiger partial charge is 0.353 e. The van der Waals surface area contributed by atoms with Crippen LogP contribution in [0, 0.1) is 6.92 Å². The highest BCUT2D eigenvalue weighted by molar-refractivity contribution is 5.79. The molecule has 0 aliphatic rings. The van der Waals surface area contributed by atoms with E-state index in [-0.39, 0.29) is 23.9 Å². The van der Waals surface area contributed by atoms with E-state index >= 15 is 0 Å². The van der Waals surface area contributed by atoms with Gasteiger partial charge in [-0.2, -0.15) is 0 Å². The Morgan fingerprint density at radius 1 is 1.18 bits per heavy atom. The number of amides is 1. The van der Waals surface area contributed by atoms with Crippen molar-refractivity contribution in [1.82, 2.24) is 20.3 Å². The van der Waals surface area contributed by atoms with Gasteiger partial charge in [-0.3, -0.25) is 14.6 Å².